The monoisotopic (exact) mass is 256 g/mol. The molecular weight excluding hydrogens is 247 g/mol. The molecule has 0 aliphatic heterocycles. The molecule has 0 aliphatic rings. The van der Waals surface area contributed by atoms with Crippen LogP contribution in [0.1, 0.15) is 18.3 Å². The van der Waals surface area contributed by atoms with Gasteiger partial charge in [-0.1, -0.05) is 23.2 Å². The van der Waals surface area contributed by atoms with Crippen molar-refractivity contribution in [1.82, 2.24) is 9.97 Å². The highest BCUT2D eigenvalue weighted by molar-refractivity contribution is 6.33. The summed E-state index contributed by atoms with van der Waals surface area (Å²) in [7, 11) is 0. The van der Waals surface area contributed by atoms with Crippen LogP contribution in [0, 0.1) is 0 Å². The van der Waals surface area contributed by atoms with Crippen LogP contribution in [0.2, 0.25) is 10.0 Å². The molecular formula is C11H10Cl2N2O. The Morgan fingerprint density at radius 2 is 2.12 bits per heavy atom. The van der Waals surface area contributed by atoms with Crippen molar-refractivity contribution in [3.05, 3.63) is 52.0 Å². The molecule has 0 bridgehead atoms. The SMILES string of the molecule is CC(O)(c1ncc[nH]1)c1cc(Cl)ccc1Cl. The van der Waals surface area contributed by atoms with Crippen LogP contribution in [0.15, 0.2) is 30.6 Å². The Bertz CT molecular complexity index is 495. The molecule has 1 atom stereocenters. The zero-order chi connectivity index (χ0) is 11.8. The lowest BCUT2D eigenvalue weighted by Crippen LogP contribution is -2.24. The highest BCUT2D eigenvalue weighted by atomic mass is 35.5. The molecule has 0 saturated heterocycles. The average molecular weight is 257 g/mol. The number of aromatic amines is 1. The summed E-state index contributed by atoms with van der Waals surface area (Å²) in [4.78, 5) is 6.89. The molecule has 3 nitrogen and oxygen atoms in total. The van der Waals surface area contributed by atoms with Crippen molar-refractivity contribution in [2.75, 3.05) is 0 Å². The Morgan fingerprint density at radius 1 is 1.38 bits per heavy atom. The van der Waals surface area contributed by atoms with E-state index in [9.17, 15) is 5.11 Å². The molecule has 1 aromatic carbocycles. The van der Waals surface area contributed by atoms with Gasteiger partial charge in [-0.3, -0.25) is 0 Å². The molecule has 0 amide bonds. The van der Waals surface area contributed by atoms with E-state index in [4.69, 9.17) is 23.2 Å². The average Bonchev–Trinajstić information content (AvgIpc) is 2.75. The molecule has 5 heteroatoms. The molecule has 16 heavy (non-hydrogen) atoms. The van der Waals surface area contributed by atoms with Crippen LogP contribution >= 0.6 is 23.2 Å². The molecule has 0 saturated carbocycles. The molecule has 1 unspecified atom stereocenters. The molecule has 2 rings (SSSR count). The topological polar surface area (TPSA) is 48.9 Å². The first kappa shape index (κ1) is 11.5. The van der Waals surface area contributed by atoms with E-state index in [1.807, 2.05) is 0 Å². The van der Waals surface area contributed by atoms with Crippen molar-refractivity contribution in [1.29, 1.82) is 0 Å². The molecule has 0 spiro atoms. The second-order valence-corrected chi connectivity index (χ2v) is 4.48. The maximum Gasteiger partial charge on any atom is 0.146 e. The second kappa shape index (κ2) is 4.09. The van der Waals surface area contributed by atoms with E-state index in [-0.39, 0.29) is 0 Å². The lowest BCUT2D eigenvalue weighted by Gasteiger charge is -2.22. The van der Waals surface area contributed by atoms with Crippen LogP contribution < -0.4 is 0 Å². The maximum absolute atomic E-state index is 10.4. The summed E-state index contributed by atoms with van der Waals surface area (Å²) in [5.74, 6) is 0.427. The quantitative estimate of drug-likeness (QED) is 0.868. The van der Waals surface area contributed by atoms with E-state index in [0.29, 0.717) is 21.4 Å². The molecule has 2 aromatic rings. The van der Waals surface area contributed by atoms with Crippen molar-refractivity contribution in [3.63, 3.8) is 0 Å². The predicted molar refractivity (Wildman–Crippen MR) is 63.7 cm³/mol. The zero-order valence-electron chi connectivity index (χ0n) is 8.54. The number of aromatic nitrogens is 2. The molecule has 1 heterocycles. The summed E-state index contributed by atoms with van der Waals surface area (Å²) in [5, 5.41) is 11.4. The summed E-state index contributed by atoms with van der Waals surface area (Å²) >= 11 is 11.9. The summed E-state index contributed by atoms with van der Waals surface area (Å²) < 4.78 is 0. The molecule has 0 fully saturated rings. The van der Waals surface area contributed by atoms with E-state index in [2.05, 4.69) is 9.97 Å². The van der Waals surface area contributed by atoms with Gasteiger partial charge in [0.1, 0.15) is 11.4 Å². The van der Waals surface area contributed by atoms with Gasteiger partial charge in [0.15, 0.2) is 0 Å². The Balaban J connectivity index is 2.55. The van der Waals surface area contributed by atoms with Crippen LogP contribution in [0.4, 0.5) is 0 Å². The van der Waals surface area contributed by atoms with Gasteiger partial charge in [0.25, 0.3) is 0 Å². The van der Waals surface area contributed by atoms with Crippen LogP contribution in [-0.2, 0) is 5.60 Å². The number of H-pyrrole nitrogens is 1. The number of rotatable bonds is 2. The zero-order valence-corrected chi connectivity index (χ0v) is 10.0. The third-order valence-corrected chi connectivity index (χ3v) is 2.98. The first-order valence-corrected chi connectivity index (χ1v) is 5.45. The van der Waals surface area contributed by atoms with Crippen LogP contribution in [0.3, 0.4) is 0 Å². The number of imidazole rings is 1. The smallest absolute Gasteiger partial charge is 0.146 e. The van der Waals surface area contributed by atoms with Gasteiger partial charge in [0.2, 0.25) is 0 Å². The number of halogens is 2. The van der Waals surface area contributed by atoms with Crippen LogP contribution in [0.25, 0.3) is 0 Å². The van der Waals surface area contributed by atoms with E-state index < -0.39 is 5.60 Å². The number of benzene rings is 1. The van der Waals surface area contributed by atoms with Gasteiger partial charge in [-0.15, -0.1) is 0 Å². The lowest BCUT2D eigenvalue weighted by molar-refractivity contribution is 0.0933. The van der Waals surface area contributed by atoms with Crippen LogP contribution in [-0.4, -0.2) is 15.1 Å². The second-order valence-electron chi connectivity index (χ2n) is 3.63. The van der Waals surface area contributed by atoms with E-state index in [1.165, 1.54) is 0 Å². The van der Waals surface area contributed by atoms with Crippen molar-refractivity contribution in [2.45, 2.75) is 12.5 Å². The first-order valence-electron chi connectivity index (χ1n) is 4.69. The number of nitrogens with one attached hydrogen (secondary N) is 1. The fraction of sp³-hybridized carbons (Fsp3) is 0.182. The fourth-order valence-corrected chi connectivity index (χ4v) is 2.00. The Kier molecular flexibility index (Phi) is 2.93. The van der Waals surface area contributed by atoms with Gasteiger partial charge in [-0.05, 0) is 25.1 Å². The number of nitrogens with zero attached hydrogens (tertiary/aromatic N) is 1. The Labute approximate surface area is 103 Å². The minimum atomic E-state index is -1.29. The molecule has 0 radical (unpaired) electrons. The highest BCUT2D eigenvalue weighted by Gasteiger charge is 2.30. The molecule has 0 aliphatic carbocycles. The van der Waals surface area contributed by atoms with Crippen molar-refractivity contribution in [2.24, 2.45) is 0 Å². The largest absolute Gasteiger partial charge is 0.377 e. The minimum Gasteiger partial charge on any atom is -0.377 e. The Morgan fingerprint density at radius 3 is 2.75 bits per heavy atom. The third-order valence-electron chi connectivity index (χ3n) is 2.41. The van der Waals surface area contributed by atoms with Crippen molar-refractivity contribution < 1.29 is 5.11 Å². The number of aliphatic hydroxyl groups is 1. The fourth-order valence-electron chi connectivity index (χ4n) is 1.53. The van der Waals surface area contributed by atoms with Gasteiger partial charge in [0, 0.05) is 28.0 Å². The molecule has 2 N–H and O–H groups in total. The van der Waals surface area contributed by atoms with Gasteiger partial charge in [0.05, 0.1) is 0 Å². The van der Waals surface area contributed by atoms with Gasteiger partial charge in [-0.25, -0.2) is 4.98 Å². The van der Waals surface area contributed by atoms with E-state index >= 15 is 0 Å². The maximum atomic E-state index is 10.4. The summed E-state index contributed by atoms with van der Waals surface area (Å²) in [5.41, 5.74) is -0.762. The van der Waals surface area contributed by atoms with Gasteiger partial charge in [-0.2, -0.15) is 0 Å². The van der Waals surface area contributed by atoms with E-state index in [0.717, 1.165) is 0 Å². The minimum absolute atomic E-state index is 0.427. The molecule has 1 aromatic heterocycles. The van der Waals surface area contributed by atoms with Crippen molar-refractivity contribution >= 4 is 23.2 Å². The highest BCUT2D eigenvalue weighted by Crippen LogP contribution is 2.33. The van der Waals surface area contributed by atoms with Crippen molar-refractivity contribution in [3.8, 4) is 0 Å². The van der Waals surface area contributed by atoms with E-state index in [1.54, 1.807) is 37.5 Å². The first-order chi connectivity index (χ1) is 7.51. The third kappa shape index (κ3) is 1.94. The number of hydrogen-bond donors (Lipinski definition) is 2. The lowest BCUT2D eigenvalue weighted by atomic mass is 9.95. The van der Waals surface area contributed by atoms with Gasteiger partial charge >= 0.3 is 0 Å². The Hall–Kier alpha value is -1.03. The van der Waals surface area contributed by atoms with Gasteiger partial charge < -0.3 is 10.1 Å². The molecule has 84 valence electrons. The van der Waals surface area contributed by atoms with Crippen LogP contribution in [0.5, 0.6) is 0 Å². The predicted octanol–water partition coefficient (Wildman–Crippen LogP) is 2.97. The summed E-state index contributed by atoms with van der Waals surface area (Å²) in [6.45, 7) is 1.61. The number of hydrogen-bond acceptors (Lipinski definition) is 2. The summed E-state index contributed by atoms with van der Waals surface area (Å²) in [6.07, 6.45) is 3.21. The standard InChI is InChI=1S/C11H10Cl2N2O/c1-11(16,10-14-4-5-15-10)8-6-7(12)2-3-9(8)13/h2-6,16H,1H3,(H,14,15). The normalized spacial score (nSPS) is 14.8. The summed E-state index contributed by atoms with van der Waals surface area (Å²) in [6, 6.07) is 4.95.